The van der Waals surface area contributed by atoms with E-state index in [9.17, 15) is 14.9 Å². The number of nitrogens with zero attached hydrogens (tertiary/aromatic N) is 1. The zero-order valence-corrected chi connectivity index (χ0v) is 15.2. The Labute approximate surface area is 160 Å². The number of anilines is 1. The number of methoxy groups -OCH3 is 2. The van der Waals surface area contributed by atoms with Crippen LogP contribution < -0.4 is 14.8 Å². The number of aromatic carboxylic acids is 1. The molecule has 138 valence electrons. The maximum atomic E-state index is 12.4. The number of carboxylic acid groups (broad SMARTS) is 1. The number of halogens is 1. The van der Waals surface area contributed by atoms with Crippen LogP contribution in [0.4, 0.5) is 5.69 Å². The van der Waals surface area contributed by atoms with Crippen LogP contribution in [0.2, 0.25) is 5.02 Å². The molecule has 8 heteroatoms. The monoisotopic (exact) mass is 386 g/mol. The SMILES string of the molecule is COc1cc(/C=C(\C#N)C(=O)Nc2cccc(C(=O)O)c2)cc(Cl)c1OC. The maximum absolute atomic E-state index is 12.4. The fourth-order valence-corrected chi connectivity index (χ4v) is 2.56. The fraction of sp³-hybridized carbons (Fsp3) is 0.105. The predicted octanol–water partition coefficient (Wildman–Crippen LogP) is 3.60. The first-order chi connectivity index (χ1) is 12.9. The molecule has 2 aromatic carbocycles. The van der Waals surface area contributed by atoms with Gasteiger partial charge in [0.25, 0.3) is 5.91 Å². The molecule has 0 aliphatic rings. The Hall–Kier alpha value is -3.50. The average Bonchev–Trinajstić information content (AvgIpc) is 2.65. The van der Waals surface area contributed by atoms with Gasteiger partial charge in [0.05, 0.1) is 24.8 Å². The lowest BCUT2D eigenvalue weighted by molar-refractivity contribution is -0.112. The number of rotatable bonds is 6. The van der Waals surface area contributed by atoms with Crippen LogP contribution >= 0.6 is 11.6 Å². The zero-order valence-electron chi connectivity index (χ0n) is 14.4. The van der Waals surface area contributed by atoms with E-state index in [1.165, 1.54) is 50.6 Å². The molecular formula is C19H15ClN2O5. The van der Waals surface area contributed by atoms with Crippen molar-refractivity contribution in [1.82, 2.24) is 0 Å². The Kier molecular flexibility index (Phi) is 6.41. The number of ether oxygens (including phenoxy) is 2. The van der Waals surface area contributed by atoms with Crippen molar-refractivity contribution in [2.45, 2.75) is 0 Å². The summed E-state index contributed by atoms with van der Waals surface area (Å²) < 4.78 is 10.3. The lowest BCUT2D eigenvalue weighted by Crippen LogP contribution is -2.14. The fourth-order valence-electron chi connectivity index (χ4n) is 2.26. The highest BCUT2D eigenvalue weighted by atomic mass is 35.5. The summed E-state index contributed by atoms with van der Waals surface area (Å²) in [5.41, 5.74) is 0.538. The van der Waals surface area contributed by atoms with Gasteiger partial charge >= 0.3 is 5.97 Å². The van der Waals surface area contributed by atoms with Crippen molar-refractivity contribution < 1.29 is 24.2 Å². The third kappa shape index (κ3) is 4.77. The molecule has 7 nitrogen and oxygen atoms in total. The van der Waals surface area contributed by atoms with E-state index in [2.05, 4.69) is 5.32 Å². The third-order valence-corrected chi connectivity index (χ3v) is 3.78. The van der Waals surface area contributed by atoms with Crippen molar-refractivity contribution in [3.63, 3.8) is 0 Å². The zero-order chi connectivity index (χ0) is 20.0. The minimum Gasteiger partial charge on any atom is -0.493 e. The van der Waals surface area contributed by atoms with Gasteiger partial charge < -0.3 is 19.9 Å². The Morgan fingerprint density at radius 1 is 1.22 bits per heavy atom. The van der Waals surface area contributed by atoms with Crippen LogP contribution in [0.5, 0.6) is 11.5 Å². The minimum absolute atomic E-state index is 0.0157. The lowest BCUT2D eigenvalue weighted by atomic mass is 10.1. The van der Waals surface area contributed by atoms with E-state index in [1.54, 1.807) is 6.07 Å². The van der Waals surface area contributed by atoms with Crippen LogP contribution in [0, 0.1) is 11.3 Å². The summed E-state index contributed by atoms with van der Waals surface area (Å²) in [5, 5.41) is 21.1. The van der Waals surface area contributed by atoms with Crippen LogP contribution in [0.25, 0.3) is 6.08 Å². The van der Waals surface area contributed by atoms with Gasteiger partial charge in [0, 0.05) is 5.69 Å². The van der Waals surface area contributed by atoms with Gasteiger partial charge in [-0.15, -0.1) is 0 Å². The highest BCUT2D eigenvalue weighted by Crippen LogP contribution is 2.36. The molecule has 1 amide bonds. The molecule has 0 fully saturated rings. The topological polar surface area (TPSA) is 109 Å². The Balaban J connectivity index is 2.32. The largest absolute Gasteiger partial charge is 0.493 e. The number of amides is 1. The average molecular weight is 387 g/mol. The first kappa shape index (κ1) is 19.8. The molecule has 0 aliphatic carbocycles. The number of benzene rings is 2. The summed E-state index contributed by atoms with van der Waals surface area (Å²) in [4.78, 5) is 23.4. The van der Waals surface area contributed by atoms with Gasteiger partial charge in [0.15, 0.2) is 11.5 Å². The van der Waals surface area contributed by atoms with Crippen molar-refractivity contribution >= 4 is 35.2 Å². The van der Waals surface area contributed by atoms with Crippen LogP contribution in [-0.2, 0) is 4.79 Å². The second kappa shape index (κ2) is 8.74. The summed E-state index contributed by atoms with van der Waals surface area (Å²) >= 11 is 6.12. The summed E-state index contributed by atoms with van der Waals surface area (Å²) in [6.07, 6.45) is 1.34. The molecule has 0 saturated carbocycles. The summed E-state index contributed by atoms with van der Waals surface area (Å²) in [6.45, 7) is 0. The number of nitriles is 1. The van der Waals surface area contributed by atoms with Gasteiger partial charge in [0.2, 0.25) is 0 Å². The van der Waals surface area contributed by atoms with E-state index in [-0.39, 0.29) is 21.8 Å². The number of nitrogens with one attached hydrogen (secondary N) is 1. The van der Waals surface area contributed by atoms with Crippen molar-refractivity contribution in [2.75, 3.05) is 19.5 Å². The Bertz CT molecular complexity index is 963. The number of hydrogen-bond donors (Lipinski definition) is 2. The molecule has 0 aliphatic heterocycles. The molecule has 0 atom stereocenters. The highest BCUT2D eigenvalue weighted by Gasteiger charge is 2.14. The van der Waals surface area contributed by atoms with Crippen molar-refractivity contribution in [3.05, 3.63) is 58.1 Å². The number of carboxylic acids is 1. The normalized spacial score (nSPS) is 10.7. The van der Waals surface area contributed by atoms with Gasteiger partial charge in [-0.3, -0.25) is 4.79 Å². The highest BCUT2D eigenvalue weighted by molar-refractivity contribution is 6.32. The van der Waals surface area contributed by atoms with Gasteiger partial charge in [-0.25, -0.2) is 4.79 Å². The number of carbonyl (C=O) groups excluding carboxylic acids is 1. The first-order valence-corrected chi connectivity index (χ1v) is 7.95. The molecule has 0 radical (unpaired) electrons. The van der Waals surface area contributed by atoms with Crippen LogP contribution in [0.15, 0.2) is 42.0 Å². The number of hydrogen-bond acceptors (Lipinski definition) is 5. The molecule has 0 spiro atoms. The van der Waals surface area contributed by atoms with E-state index in [0.29, 0.717) is 17.1 Å². The standard InChI is InChI=1S/C19H15ClN2O5/c1-26-16-8-11(7-15(20)17(16)27-2)6-13(10-21)18(23)22-14-5-3-4-12(9-14)19(24)25/h3-9H,1-2H3,(H,22,23)(H,24,25)/b13-6+. The summed E-state index contributed by atoms with van der Waals surface area (Å²) in [7, 11) is 2.88. The lowest BCUT2D eigenvalue weighted by Gasteiger charge is -2.10. The van der Waals surface area contributed by atoms with E-state index in [4.69, 9.17) is 26.2 Å². The van der Waals surface area contributed by atoms with E-state index in [1.807, 2.05) is 6.07 Å². The van der Waals surface area contributed by atoms with Gasteiger partial charge in [-0.05, 0) is 42.0 Å². The molecule has 2 N–H and O–H groups in total. The second-order valence-electron chi connectivity index (χ2n) is 5.25. The molecule has 0 aromatic heterocycles. The second-order valence-corrected chi connectivity index (χ2v) is 5.66. The van der Waals surface area contributed by atoms with Crippen LogP contribution in [0.1, 0.15) is 15.9 Å². The van der Waals surface area contributed by atoms with E-state index >= 15 is 0 Å². The summed E-state index contributed by atoms with van der Waals surface area (Å²) in [6, 6.07) is 10.6. The van der Waals surface area contributed by atoms with Gasteiger partial charge in [0.1, 0.15) is 11.6 Å². The van der Waals surface area contributed by atoms with Gasteiger partial charge in [-0.2, -0.15) is 5.26 Å². The maximum Gasteiger partial charge on any atom is 0.335 e. The third-order valence-electron chi connectivity index (χ3n) is 3.50. The van der Waals surface area contributed by atoms with Gasteiger partial charge in [-0.1, -0.05) is 17.7 Å². The molecular weight excluding hydrogens is 372 g/mol. The molecule has 0 saturated heterocycles. The minimum atomic E-state index is -1.12. The molecule has 0 heterocycles. The van der Waals surface area contributed by atoms with E-state index < -0.39 is 11.9 Å². The molecule has 2 aromatic rings. The smallest absolute Gasteiger partial charge is 0.335 e. The van der Waals surface area contributed by atoms with Crippen LogP contribution in [0.3, 0.4) is 0 Å². The van der Waals surface area contributed by atoms with Crippen molar-refractivity contribution in [2.24, 2.45) is 0 Å². The Morgan fingerprint density at radius 2 is 1.96 bits per heavy atom. The molecule has 0 unspecified atom stereocenters. The molecule has 2 rings (SSSR count). The van der Waals surface area contributed by atoms with Crippen molar-refractivity contribution in [1.29, 1.82) is 5.26 Å². The first-order valence-electron chi connectivity index (χ1n) is 7.57. The molecule has 27 heavy (non-hydrogen) atoms. The van der Waals surface area contributed by atoms with Crippen LogP contribution in [-0.4, -0.2) is 31.2 Å². The molecule has 0 bridgehead atoms. The van der Waals surface area contributed by atoms with E-state index in [0.717, 1.165) is 0 Å². The van der Waals surface area contributed by atoms with Crippen molar-refractivity contribution in [3.8, 4) is 17.6 Å². The number of carbonyl (C=O) groups is 2. The predicted molar refractivity (Wildman–Crippen MR) is 100 cm³/mol. The summed E-state index contributed by atoms with van der Waals surface area (Å²) in [5.74, 6) is -1.12. The quantitative estimate of drug-likeness (QED) is 0.580. The Morgan fingerprint density at radius 3 is 2.56 bits per heavy atom.